The van der Waals surface area contributed by atoms with E-state index < -0.39 is 21.9 Å². The van der Waals surface area contributed by atoms with Crippen molar-refractivity contribution < 1.29 is 18.3 Å². The van der Waals surface area contributed by atoms with Gasteiger partial charge in [0, 0.05) is 16.3 Å². The summed E-state index contributed by atoms with van der Waals surface area (Å²) in [5.74, 6) is -1.38. The number of hydrogen-bond donors (Lipinski definition) is 2. The van der Waals surface area contributed by atoms with Gasteiger partial charge in [-0.2, -0.15) is 0 Å². The zero-order valence-electron chi connectivity index (χ0n) is 12.3. The minimum atomic E-state index is -3.55. The molecule has 1 aromatic rings. The molecule has 1 aliphatic rings. The van der Waals surface area contributed by atoms with Crippen molar-refractivity contribution in [3.05, 3.63) is 15.8 Å². The first-order valence-electron chi connectivity index (χ1n) is 7.11. The van der Waals surface area contributed by atoms with Crippen LogP contribution < -0.4 is 4.72 Å². The van der Waals surface area contributed by atoms with E-state index in [9.17, 15) is 18.3 Å². The van der Waals surface area contributed by atoms with Gasteiger partial charge in [-0.05, 0) is 38.7 Å². The van der Waals surface area contributed by atoms with Gasteiger partial charge in [0.25, 0.3) is 0 Å². The minimum Gasteiger partial charge on any atom is -0.481 e. The molecule has 1 aliphatic carbocycles. The van der Waals surface area contributed by atoms with E-state index in [1.807, 2.05) is 6.92 Å². The molecule has 2 unspecified atom stereocenters. The lowest BCUT2D eigenvalue weighted by atomic mass is 9.79. The quantitative estimate of drug-likeness (QED) is 0.868. The van der Waals surface area contributed by atoms with Crippen molar-refractivity contribution in [2.24, 2.45) is 11.8 Å². The maximum absolute atomic E-state index is 12.3. The maximum Gasteiger partial charge on any atom is 0.306 e. The third-order valence-electron chi connectivity index (χ3n) is 4.05. The molecule has 7 heteroatoms. The Morgan fingerprint density at radius 2 is 2.05 bits per heavy atom. The van der Waals surface area contributed by atoms with Crippen molar-refractivity contribution in [3.63, 3.8) is 0 Å². The number of hydrogen-bond acceptors (Lipinski definition) is 4. The van der Waals surface area contributed by atoms with E-state index in [1.54, 1.807) is 13.0 Å². The second kappa shape index (κ2) is 6.46. The van der Waals surface area contributed by atoms with E-state index in [1.165, 1.54) is 11.3 Å². The summed E-state index contributed by atoms with van der Waals surface area (Å²) in [5, 5.41) is 9.23. The molecule has 118 valence electrons. The SMILES string of the molecule is Cc1cc(S(=O)(=O)NCC2CCCCC2C(=O)O)c(C)s1. The lowest BCUT2D eigenvalue weighted by Crippen LogP contribution is -2.37. The average molecular weight is 331 g/mol. The molecule has 0 saturated heterocycles. The molecule has 1 saturated carbocycles. The highest BCUT2D eigenvalue weighted by molar-refractivity contribution is 7.89. The molecule has 0 aliphatic heterocycles. The lowest BCUT2D eigenvalue weighted by Gasteiger charge is -2.28. The fourth-order valence-electron chi connectivity index (χ4n) is 2.95. The summed E-state index contributed by atoms with van der Waals surface area (Å²) < 4.78 is 27.3. The average Bonchev–Trinajstić information content (AvgIpc) is 2.76. The van der Waals surface area contributed by atoms with Gasteiger partial charge < -0.3 is 5.11 Å². The predicted molar refractivity (Wildman–Crippen MR) is 82.1 cm³/mol. The first kappa shape index (κ1) is 16.5. The third kappa shape index (κ3) is 3.84. The van der Waals surface area contributed by atoms with E-state index >= 15 is 0 Å². The van der Waals surface area contributed by atoms with E-state index in [0.29, 0.717) is 11.3 Å². The van der Waals surface area contributed by atoms with Gasteiger partial charge in [-0.15, -0.1) is 11.3 Å². The Hall–Kier alpha value is -0.920. The second-order valence-corrected chi connectivity index (χ2v) is 8.81. The molecule has 2 N–H and O–H groups in total. The molecule has 0 bridgehead atoms. The van der Waals surface area contributed by atoms with Crippen molar-refractivity contribution in [2.75, 3.05) is 6.54 Å². The second-order valence-electron chi connectivity index (χ2n) is 5.62. The molecule has 0 spiro atoms. The topological polar surface area (TPSA) is 83.5 Å². The summed E-state index contributed by atoms with van der Waals surface area (Å²) in [7, 11) is -3.55. The number of rotatable bonds is 5. The van der Waals surface area contributed by atoms with Crippen LogP contribution in [0.15, 0.2) is 11.0 Å². The Bertz CT molecular complexity index is 621. The standard InChI is InChI=1S/C14H21NO4S2/c1-9-7-13(10(2)20-9)21(18,19)15-8-11-5-3-4-6-12(11)14(16)17/h7,11-12,15H,3-6,8H2,1-2H3,(H,16,17). The van der Waals surface area contributed by atoms with Crippen molar-refractivity contribution in [1.82, 2.24) is 4.72 Å². The molecule has 1 aromatic heterocycles. The summed E-state index contributed by atoms with van der Waals surface area (Å²) in [6.45, 7) is 3.86. The van der Waals surface area contributed by atoms with Gasteiger partial charge in [-0.3, -0.25) is 4.79 Å². The van der Waals surface area contributed by atoms with Crippen LogP contribution >= 0.6 is 11.3 Å². The summed E-state index contributed by atoms with van der Waals surface area (Å²) in [5.41, 5.74) is 0. The Morgan fingerprint density at radius 1 is 1.38 bits per heavy atom. The number of aryl methyl sites for hydroxylation is 2. The van der Waals surface area contributed by atoms with Gasteiger partial charge in [-0.1, -0.05) is 12.8 Å². The molecule has 2 rings (SSSR count). The molecular weight excluding hydrogens is 310 g/mol. The highest BCUT2D eigenvalue weighted by atomic mass is 32.2. The Kier molecular flexibility index (Phi) is 5.06. The number of carboxylic acids is 1. The number of carbonyl (C=O) groups is 1. The fourth-order valence-corrected chi connectivity index (χ4v) is 5.59. The van der Waals surface area contributed by atoms with E-state index in [-0.39, 0.29) is 12.5 Å². The normalized spacial score (nSPS) is 23.1. The van der Waals surface area contributed by atoms with Crippen LogP contribution in [0.3, 0.4) is 0 Å². The van der Waals surface area contributed by atoms with E-state index in [4.69, 9.17) is 0 Å². The summed E-state index contributed by atoms with van der Waals surface area (Å²) >= 11 is 1.45. The smallest absolute Gasteiger partial charge is 0.306 e. The van der Waals surface area contributed by atoms with Gasteiger partial charge in [0.15, 0.2) is 0 Å². The Morgan fingerprint density at radius 3 is 2.62 bits per heavy atom. The van der Waals surface area contributed by atoms with Gasteiger partial charge >= 0.3 is 5.97 Å². The lowest BCUT2D eigenvalue weighted by molar-refractivity contribution is -0.144. The van der Waals surface area contributed by atoms with E-state index in [2.05, 4.69) is 4.72 Å². The maximum atomic E-state index is 12.3. The van der Waals surface area contributed by atoms with Crippen LogP contribution in [-0.4, -0.2) is 26.0 Å². The highest BCUT2D eigenvalue weighted by Gasteiger charge is 2.32. The van der Waals surface area contributed by atoms with Crippen molar-refractivity contribution in [3.8, 4) is 0 Å². The van der Waals surface area contributed by atoms with Crippen LogP contribution in [0.1, 0.15) is 35.4 Å². The fraction of sp³-hybridized carbons (Fsp3) is 0.643. The molecule has 1 fully saturated rings. The van der Waals surface area contributed by atoms with Crippen LogP contribution in [0.5, 0.6) is 0 Å². The number of carboxylic acid groups (broad SMARTS) is 1. The number of nitrogens with one attached hydrogen (secondary N) is 1. The van der Waals surface area contributed by atoms with Crippen LogP contribution in [0.25, 0.3) is 0 Å². The summed E-state index contributed by atoms with van der Waals surface area (Å²) in [6.07, 6.45) is 3.27. The summed E-state index contributed by atoms with van der Waals surface area (Å²) in [6, 6.07) is 1.66. The molecule has 0 aromatic carbocycles. The molecule has 0 radical (unpaired) electrons. The molecule has 5 nitrogen and oxygen atoms in total. The van der Waals surface area contributed by atoms with Crippen molar-refractivity contribution in [1.29, 1.82) is 0 Å². The van der Waals surface area contributed by atoms with Crippen LogP contribution in [0.4, 0.5) is 0 Å². The minimum absolute atomic E-state index is 0.119. The molecular formula is C14H21NO4S2. The zero-order chi connectivity index (χ0) is 15.6. The molecule has 0 amide bonds. The Balaban J connectivity index is 2.07. The molecule has 21 heavy (non-hydrogen) atoms. The number of sulfonamides is 1. The monoisotopic (exact) mass is 331 g/mol. The Labute approximate surface area is 129 Å². The largest absolute Gasteiger partial charge is 0.481 e. The van der Waals surface area contributed by atoms with Crippen molar-refractivity contribution >= 4 is 27.3 Å². The van der Waals surface area contributed by atoms with Crippen LogP contribution in [0, 0.1) is 25.7 Å². The van der Waals surface area contributed by atoms with Gasteiger partial charge in [-0.25, -0.2) is 13.1 Å². The highest BCUT2D eigenvalue weighted by Crippen LogP contribution is 2.30. The number of thiophene rings is 1. The van der Waals surface area contributed by atoms with Gasteiger partial charge in [0.05, 0.1) is 10.8 Å². The first-order chi connectivity index (χ1) is 9.81. The molecule has 2 atom stereocenters. The third-order valence-corrected chi connectivity index (χ3v) is 6.69. The van der Waals surface area contributed by atoms with Crippen LogP contribution in [0.2, 0.25) is 0 Å². The van der Waals surface area contributed by atoms with Crippen LogP contribution in [-0.2, 0) is 14.8 Å². The first-order valence-corrected chi connectivity index (χ1v) is 9.40. The van der Waals surface area contributed by atoms with Crippen molar-refractivity contribution in [2.45, 2.75) is 44.4 Å². The zero-order valence-corrected chi connectivity index (χ0v) is 13.9. The number of aliphatic carboxylic acids is 1. The van der Waals surface area contributed by atoms with Gasteiger partial charge in [0.1, 0.15) is 0 Å². The predicted octanol–water partition coefficient (Wildman–Crippen LogP) is 2.53. The van der Waals surface area contributed by atoms with Gasteiger partial charge in [0.2, 0.25) is 10.0 Å². The summed E-state index contributed by atoms with van der Waals surface area (Å²) in [4.78, 5) is 13.3. The molecule has 1 heterocycles. The van der Waals surface area contributed by atoms with E-state index in [0.717, 1.165) is 29.0 Å².